The molecule has 1 heterocycles. The number of rotatable bonds is 8. The zero-order valence-corrected chi connectivity index (χ0v) is 12.7. The minimum absolute atomic E-state index is 0.158. The fourth-order valence-electron chi connectivity index (χ4n) is 1.77. The van der Waals surface area contributed by atoms with Crippen LogP contribution in [-0.2, 0) is 18.4 Å². The SMILES string of the molecule is CCCN(CCC)C(=O)CSc1nnc(CN)n1C. The molecule has 7 heteroatoms. The van der Waals surface area contributed by atoms with E-state index in [1.54, 1.807) is 0 Å². The van der Waals surface area contributed by atoms with Crippen molar-refractivity contribution in [3.63, 3.8) is 0 Å². The van der Waals surface area contributed by atoms with Gasteiger partial charge in [0.15, 0.2) is 5.16 Å². The molecule has 1 rings (SSSR count). The molecule has 0 atom stereocenters. The standard InChI is InChI=1S/C12H23N5OS/c1-4-6-17(7-5-2)11(18)9-19-12-15-14-10(8-13)16(12)3/h4-9,13H2,1-3H3. The third kappa shape index (κ3) is 4.50. The summed E-state index contributed by atoms with van der Waals surface area (Å²) >= 11 is 1.41. The summed E-state index contributed by atoms with van der Waals surface area (Å²) in [5.41, 5.74) is 5.54. The van der Waals surface area contributed by atoms with Crippen molar-refractivity contribution in [3.05, 3.63) is 5.82 Å². The summed E-state index contributed by atoms with van der Waals surface area (Å²) in [6.45, 7) is 6.16. The topological polar surface area (TPSA) is 77.0 Å². The average molecular weight is 285 g/mol. The molecule has 0 saturated carbocycles. The van der Waals surface area contributed by atoms with Crippen LogP contribution in [0.3, 0.4) is 0 Å². The van der Waals surface area contributed by atoms with Crippen LogP contribution in [0.2, 0.25) is 0 Å². The lowest BCUT2D eigenvalue weighted by Crippen LogP contribution is -2.33. The molecule has 0 spiro atoms. The highest BCUT2D eigenvalue weighted by atomic mass is 32.2. The predicted octanol–water partition coefficient (Wildman–Crippen LogP) is 1.01. The molecular formula is C12H23N5OS. The van der Waals surface area contributed by atoms with Crippen molar-refractivity contribution in [3.8, 4) is 0 Å². The van der Waals surface area contributed by atoms with Crippen molar-refractivity contribution in [2.45, 2.75) is 38.4 Å². The summed E-state index contributed by atoms with van der Waals surface area (Å²) in [6.07, 6.45) is 1.97. The lowest BCUT2D eigenvalue weighted by Gasteiger charge is -2.21. The number of nitrogens with zero attached hydrogens (tertiary/aromatic N) is 4. The Morgan fingerprint density at radius 2 is 1.95 bits per heavy atom. The highest BCUT2D eigenvalue weighted by molar-refractivity contribution is 7.99. The van der Waals surface area contributed by atoms with Gasteiger partial charge in [0.1, 0.15) is 5.82 Å². The normalized spacial score (nSPS) is 10.7. The number of thioether (sulfide) groups is 1. The van der Waals surface area contributed by atoms with Gasteiger partial charge < -0.3 is 15.2 Å². The summed E-state index contributed by atoms with van der Waals surface area (Å²) in [5, 5.41) is 8.74. The van der Waals surface area contributed by atoms with E-state index >= 15 is 0 Å². The van der Waals surface area contributed by atoms with Crippen LogP contribution in [0.5, 0.6) is 0 Å². The Morgan fingerprint density at radius 1 is 1.32 bits per heavy atom. The first-order valence-corrected chi connectivity index (χ1v) is 7.61. The Labute approximate surface area is 118 Å². The first kappa shape index (κ1) is 16.0. The third-order valence-corrected chi connectivity index (χ3v) is 3.78. The molecule has 6 nitrogen and oxygen atoms in total. The first-order valence-electron chi connectivity index (χ1n) is 6.62. The zero-order chi connectivity index (χ0) is 14.3. The Morgan fingerprint density at radius 3 is 2.42 bits per heavy atom. The molecule has 108 valence electrons. The van der Waals surface area contributed by atoms with E-state index in [1.807, 2.05) is 16.5 Å². The van der Waals surface area contributed by atoms with Gasteiger partial charge in [0.25, 0.3) is 0 Å². The van der Waals surface area contributed by atoms with Crippen LogP contribution in [-0.4, -0.2) is 44.4 Å². The minimum atomic E-state index is 0.158. The van der Waals surface area contributed by atoms with Crippen LogP contribution in [0, 0.1) is 0 Å². The van der Waals surface area contributed by atoms with E-state index in [0.717, 1.165) is 36.9 Å². The van der Waals surface area contributed by atoms with Crippen molar-refractivity contribution < 1.29 is 4.79 Å². The maximum Gasteiger partial charge on any atom is 0.233 e. The van der Waals surface area contributed by atoms with E-state index in [4.69, 9.17) is 5.73 Å². The Bertz CT molecular complexity index is 401. The Kier molecular flexibility index (Phi) is 6.86. The molecule has 0 saturated heterocycles. The van der Waals surface area contributed by atoms with Crippen molar-refractivity contribution in [1.82, 2.24) is 19.7 Å². The largest absolute Gasteiger partial charge is 0.342 e. The second-order valence-corrected chi connectivity index (χ2v) is 5.27. The number of nitrogens with two attached hydrogens (primary N) is 1. The number of amides is 1. The number of hydrogen-bond donors (Lipinski definition) is 1. The van der Waals surface area contributed by atoms with Gasteiger partial charge in [0.05, 0.1) is 12.3 Å². The van der Waals surface area contributed by atoms with Crippen LogP contribution in [0.25, 0.3) is 0 Å². The fraction of sp³-hybridized carbons (Fsp3) is 0.750. The summed E-state index contributed by atoms with van der Waals surface area (Å²) in [5.74, 6) is 1.29. The van der Waals surface area contributed by atoms with E-state index < -0.39 is 0 Å². The molecule has 0 fully saturated rings. The van der Waals surface area contributed by atoms with Crippen molar-refractivity contribution in [2.75, 3.05) is 18.8 Å². The van der Waals surface area contributed by atoms with E-state index in [9.17, 15) is 4.79 Å². The molecule has 1 amide bonds. The highest BCUT2D eigenvalue weighted by Crippen LogP contribution is 2.16. The quantitative estimate of drug-likeness (QED) is 0.721. The lowest BCUT2D eigenvalue weighted by molar-refractivity contribution is -0.128. The molecule has 0 bridgehead atoms. The second-order valence-electron chi connectivity index (χ2n) is 4.33. The van der Waals surface area contributed by atoms with E-state index in [-0.39, 0.29) is 5.91 Å². The minimum Gasteiger partial charge on any atom is -0.342 e. The molecule has 0 aliphatic carbocycles. The van der Waals surface area contributed by atoms with Gasteiger partial charge in [-0.1, -0.05) is 25.6 Å². The van der Waals surface area contributed by atoms with Gasteiger partial charge in [-0.2, -0.15) is 0 Å². The van der Waals surface area contributed by atoms with E-state index in [0.29, 0.717) is 12.3 Å². The summed E-state index contributed by atoms with van der Waals surface area (Å²) in [7, 11) is 1.87. The Balaban J connectivity index is 2.54. The van der Waals surface area contributed by atoms with Gasteiger partial charge in [-0.05, 0) is 12.8 Å². The molecule has 0 aromatic carbocycles. The third-order valence-electron chi connectivity index (χ3n) is 2.77. The maximum absolute atomic E-state index is 12.1. The van der Waals surface area contributed by atoms with Crippen LogP contribution in [0.4, 0.5) is 0 Å². The fourth-order valence-corrected chi connectivity index (χ4v) is 2.60. The monoisotopic (exact) mass is 285 g/mol. The molecular weight excluding hydrogens is 262 g/mol. The van der Waals surface area contributed by atoms with Crippen LogP contribution >= 0.6 is 11.8 Å². The Hall–Kier alpha value is -1.08. The van der Waals surface area contributed by atoms with Crippen molar-refractivity contribution in [1.29, 1.82) is 0 Å². The van der Waals surface area contributed by atoms with Crippen LogP contribution < -0.4 is 5.73 Å². The summed E-state index contributed by atoms with van der Waals surface area (Å²) < 4.78 is 1.84. The summed E-state index contributed by atoms with van der Waals surface area (Å²) in [6, 6.07) is 0. The molecule has 0 unspecified atom stereocenters. The highest BCUT2D eigenvalue weighted by Gasteiger charge is 2.14. The molecule has 0 aliphatic rings. The molecule has 0 radical (unpaired) electrons. The molecule has 1 aromatic heterocycles. The zero-order valence-electron chi connectivity index (χ0n) is 11.9. The van der Waals surface area contributed by atoms with Gasteiger partial charge in [0, 0.05) is 20.1 Å². The van der Waals surface area contributed by atoms with Gasteiger partial charge in [-0.3, -0.25) is 4.79 Å². The van der Waals surface area contributed by atoms with Crippen LogP contribution in [0.1, 0.15) is 32.5 Å². The predicted molar refractivity (Wildman–Crippen MR) is 76.8 cm³/mol. The molecule has 0 aliphatic heterocycles. The number of carbonyl (C=O) groups is 1. The van der Waals surface area contributed by atoms with E-state index in [1.165, 1.54) is 11.8 Å². The lowest BCUT2D eigenvalue weighted by atomic mass is 10.3. The van der Waals surface area contributed by atoms with Crippen molar-refractivity contribution >= 4 is 17.7 Å². The van der Waals surface area contributed by atoms with Crippen molar-refractivity contribution in [2.24, 2.45) is 12.8 Å². The first-order chi connectivity index (χ1) is 9.13. The summed E-state index contributed by atoms with van der Waals surface area (Å²) in [4.78, 5) is 14.0. The smallest absolute Gasteiger partial charge is 0.233 e. The number of hydrogen-bond acceptors (Lipinski definition) is 5. The van der Waals surface area contributed by atoms with Crippen LogP contribution in [0.15, 0.2) is 5.16 Å². The van der Waals surface area contributed by atoms with E-state index in [2.05, 4.69) is 24.0 Å². The van der Waals surface area contributed by atoms with Gasteiger partial charge in [-0.15, -0.1) is 10.2 Å². The van der Waals surface area contributed by atoms with Gasteiger partial charge in [-0.25, -0.2) is 0 Å². The molecule has 1 aromatic rings. The second kappa shape index (κ2) is 8.16. The van der Waals surface area contributed by atoms with Gasteiger partial charge >= 0.3 is 0 Å². The number of aromatic nitrogens is 3. The number of carbonyl (C=O) groups excluding carboxylic acids is 1. The average Bonchev–Trinajstić information content (AvgIpc) is 2.76. The van der Waals surface area contributed by atoms with Gasteiger partial charge in [0.2, 0.25) is 5.91 Å². The molecule has 19 heavy (non-hydrogen) atoms. The molecule has 2 N–H and O–H groups in total. The maximum atomic E-state index is 12.1.